The molecule has 0 amide bonds. The second kappa shape index (κ2) is 7.31. The van der Waals surface area contributed by atoms with E-state index in [-0.39, 0.29) is 41.0 Å². The first-order valence-electron chi connectivity index (χ1n) is 12.6. The zero-order valence-corrected chi connectivity index (χ0v) is 19.1. The summed E-state index contributed by atoms with van der Waals surface area (Å²) in [7, 11) is 0. The molecule has 6 rings (SSSR count). The number of esters is 1. The smallest absolute Gasteiger partial charge is 0.311 e. The number of rotatable bonds is 4. The van der Waals surface area contributed by atoms with Crippen molar-refractivity contribution in [2.45, 2.75) is 76.6 Å². The first kappa shape index (κ1) is 20.2. The Bertz CT molecular complexity index is 834. The highest BCUT2D eigenvalue weighted by Gasteiger charge is 2.78. The standard InChI is InChI=1S/C27H37NO3/c1-18-7-6-12-26(2)16-22-23(24-27(18,26)31-24)21(25(29)30-22)17-28-13-10-20(11-14-28)15-19-8-4-3-5-9-19/h3-5,8-9,18,20-24H,6-7,10-17H2,1-2H3/t18-,21+,22+,23+,24+,26+,27-/m0/s1. The molecule has 3 aliphatic heterocycles. The minimum atomic E-state index is -0.00118. The second-order valence-corrected chi connectivity index (χ2v) is 11.5. The fourth-order valence-corrected chi connectivity index (χ4v) is 8.04. The Labute approximate surface area is 186 Å². The highest BCUT2D eigenvalue weighted by Crippen LogP contribution is 2.70. The first-order chi connectivity index (χ1) is 15.0. The molecule has 0 radical (unpaired) electrons. The minimum Gasteiger partial charge on any atom is -0.462 e. The van der Waals surface area contributed by atoms with E-state index in [1.165, 1.54) is 44.1 Å². The first-order valence-corrected chi connectivity index (χ1v) is 12.6. The fraction of sp³-hybridized carbons (Fsp3) is 0.741. The van der Waals surface area contributed by atoms with Crippen molar-refractivity contribution in [1.82, 2.24) is 4.90 Å². The van der Waals surface area contributed by atoms with Gasteiger partial charge in [-0.05, 0) is 69.0 Å². The van der Waals surface area contributed by atoms with Crippen LogP contribution in [0.3, 0.4) is 0 Å². The van der Waals surface area contributed by atoms with Crippen LogP contribution in [0.15, 0.2) is 30.3 Å². The van der Waals surface area contributed by atoms with Gasteiger partial charge >= 0.3 is 5.97 Å². The Kier molecular flexibility index (Phi) is 4.77. The molecule has 3 saturated heterocycles. The molecule has 0 unspecified atom stereocenters. The lowest BCUT2D eigenvalue weighted by Crippen LogP contribution is -2.54. The van der Waals surface area contributed by atoms with Crippen LogP contribution < -0.4 is 0 Å². The molecule has 4 nitrogen and oxygen atoms in total. The number of epoxide rings is 1. The van der Waals surface area contributed by atoms with Crippen LogP contribution in [0.25, 0.3) is 0 Å². The SMILES string of the molecule is C[C@H]1CCC[C@]2(C)C[C@H]3OC(=O)[C@H](CN4CCC(Cc5ccccc5)CC4)[C@H]3[C@H]3O[C@]312. The number of piperidine rings is 1. The maximum absolute atomic E-state index is 13.0. The Balaban J connectivity index is 1.11. The monoisotopic (exact) mass is 423 g/mol. The van der Waals surface area contributed by atoms with Gasteiger partial charge in [-0.2, -0.15) is 0 Å². The summed E-state index contributed by atoms with van der Waals surface area (Å²) in [5.41, 5.74) is 1.65. The largest absolute Gasteiger partial charge is 0.462 e. The fourth-order valence-electron chi connectivity index (χ4n) is 8.04. The summed E-state index contributed by atoms with van der Waals surface area (Å²) in [6.45, 7) is 7.84. The molecule has 1 aromatic rings. The topological polar surface area (TPSA) is 42.1 Å². The van der Waals surface area contributed by atoms with Gasteiger partial charge in [0.15, 0.2) is 0 Å². The number of benzene rings is 1. The molecule has 168 valence electrons. The third kappa shape index (κ3) is 3.12. The normalized spacial score (nSPS) is 44.8. The van der Waals surface area contributed by atoms with Crippen LogP contribution in [0.4, 0.5) is 0 Å². The third-order valence-corrected chi connectivity index (χ3v) is 9.72. The van der Waals surface area contributed by atoms with Gasteiger partial charge in [-0.3, -0.25) is 4.79 Å². The predicted molar refractivity (Wildman–Crippen MR) is 120 cm³/mol. The van der Waals surface area contributed by atoms with E-state index in [4.69, 9.17) is 9.47 Å². The van der Waals surface area contributed by atoms with Crippen LogP contribution in [-0.2, 0) is 20.7 Å². The Morgan fingerprint density at radius 2 is 1.90 bits per heavy atom. The Hall–Kier alpha value is -1.39. The van der Waals surface area contributed by atoms with Crippen LogP contribution >= 0.6 is 0 Å². The number of likely N-dealkylation sites (tertiary alicyclic amines) is 1. The van der Waals surface area contributed by atoms with Crippen LogP contribution in [0.1, 0.15) is 57.9 Å². The molecular weight excluding hydrogens is 386 g/mol. The molecule has 5 aliphatic rings. The third-order valence-electron chi connectivity index (χ3n) is 9.72. The number of carbonyl (C=O) groups excluding carboxylic acids is 1. The van der Waals surface area contributed by atoms with Crippen LogP contribution in [0.2, 0.25) is 0 Å². The molecule has 5 fully saturated rings. The van der Waals surface area contributed by atoms with E-state index in [1.807, 2.05) is 0 Å². The van der Waals surface area contributed by atoms with Gasteiger partial charge in [0.1, 0.15) is 11.7 Å². The van der Waals surface area contributed by atoms with Gasteiger partial charge in [0.25, 0.3) is 0 Å². The highest BCUT2D eigenvalue weighted by atomic mass is 16.6. The number of ether oxygens (including phenoxy) is 2. The quantitative estimate of drug-likeness (QED) is 0.529. The number of fused-ring (bicyclic) bond motifs is 2. The lowest BCUT2D eigenvalue weighted by molar-refractivity contribution is -0.146. The van der Waals surface area contributed by atoms with Gasteiger partial charge in [-0.25, -0.2) is 0 Å². The van der Waals surface area contributed by atoms with E-state index in [0.29, 0.717) is 5.92 Å². The van der Waals surface area contributed by atoms with Crippen molar-refractivity contribution in [3.8, 4) is 0 Å². The molecule has 0 N–H and O–H groups in total. The summed E-state index contributed by atoms with van der Waals surface area (Å²) in [4.78, 5) is 15.5. The Morgan fingerprint density at radius 3 is 2.68 bits per heavy atom. The molecular formula is C27H37NO3. The summed E-state index contributed by atoms with van der Waals surface area (Å²) < 4.78 is 12.6. The van der Waals surface area contributed by atoms with E-state index in [9.17, 15) is 4.79 Å². The zero-order valence-electron chi connectivity index (χ0n) is 19.1. The highest BCUT2D eigenvalue weighted by molar-refractivity contribution is 5.76. The average molecular weight is 424 g/mol. The van der Waals surface area contributed by atoms with Gasteiger partial charge in [0, 0.05) is 17.9 Å². The van der Waals surface area contributed by atoms with Crippen molar-refractivity contribution in [2.24, 2.45) is 29.1 Å². The number of carbonyl (C=O) groups is 1. The second-order valence-electron chi connectivity index (χ2n) is 11.5. The summed E-state index contributed by atoms with van der Waals surface area (Å²) in [5, 5.41) is 0. The van der Waals surface area contributed by atoms with Gasteiger partial charge in [0.2, 0.25) is 0 Å². The molecule has 4 heteroatoms. The number of hydrogen-bond acceptors (Lipinski definition) is 4. The van der Waals surface area contributed by atoms with Crippen LogP contribution in [-0.4, -0.2) is 48.3 Å². The molecule has 31 heavy (non-hydrogen) atoms. The summed E-state index contributed by atoms with van der Waals surface area (Å²) in [6.07, 6.45) is 8.70. The maximum Gasteiger partial charge on any atom is 0.311 e. The molecule has 2 saturated carbocycles. The molecule has 1 aromatic carbocycles. The molecule has 7 atom stereocenters. The van der Waals surface area contributed by atoms with E-state index in [2.05, 4.69) is 49.1 Å². The molecule has 1 spiro atoms. The van der Waals surface area contributed by atoms with Crippen molar-refractivity contribution in [1.29, 1.82) is 0 Å². The van der Waals surface area contributed by atoms with Crippen molar-refractivity contribution >= 4 is 5.97 Å². The zero-order chi connectivity index (χ0) is 21.2. The lowest BCUT2D eigenvalue weighted by Gasteiger charge is -2.49. The van der Waals surface area contributed by atoms with Crippen molar-refractivity contribution in [3.63, 3.8) is 0 Å². The summed E-state index contributed by atoms with van der Waals surface area (Å²) in [5.74, 6) is 1.67. The number of hydrogen-bond donors (Lipinski definition) is 0. The Morgan fingerprint density at radius 1 is 1.13 bits per heavy atom. The van der Waals surface area contributed by atoms with Gasteiger partial charge < -0.3 is 14.4 Å². The predicted octanol–water partition coefficient (Wildman–Crippen LogP) is 4.47. The van der Waals surface area contributed by atoms with Crippen molar-refractivity contribution in [2.75, 3.05) is 19.6 Å². The van der Waals surface area contributed by atoms with E-state index >= 15 is 0 Å². The molecule has 0 aromatic heterocycles. The van der Waals surface area contributed by atoms with Crippen LogP contribution in [0, 0.1) is 29.1 Å². The van der Waals surface area contributed by atoms with E-state index < -0.39 is 0 Å². The maximum atomic E-state index is 13.0. The minimum absolute atomic E-state index is 0.00118. The molecule has 3 heterocycles. The lowest BCUT2D eigenvalue weighted by atomic mass is 9.53. The van der Waals surface area contributed by atoms with Crippen molar-refractivity contribution < 1.29 is 14.3 Å². The van der Waals surface area contributed by atoms with Crippen molar-refractivity contribution in [3.05, 3.63) is 35.9 Å². The van der Waals surface area contributed by atoms with E-state index in [0.717, 1.165) is 32.0 Å². The summed E-state index contributed by atoms with van der Waals surface area (Å²) in [6, 6.07) is 10.9. The molecule has 0 bridgehead atoms. The average Bonchev–Trinajstić information content (AvgIpc) is 3.45. The van der Waals surface area contributed by atoms with E-state index in [1.54, 1.807) is 0 Å². The summed E-state index contributed by atoms with van der Waals surface area (Å²) >= 11 is 0. The van der Waals surface area contributed by atoms with Gasteiger partial charge in [-0.15, -0.1) is 0 Å². The van der Waals surface area contributed by atoms with Gasteiger partial charge in [-0.1, -0.05) is 50.6 Å². The molecule has 2 aliphatic carbocycles. The number of nitrogens with zero attached hydrogens (tertiary/aromatic N) is 1. The van der Waals surface area contributed by atoms with Crippen LogP contribution in [0.5, 0.6) is 0 Å². The van der Waals surface area contributed by atoms with Gasteiger partial charge in [0.05, 0.1) is 12.0 Å².